The van der Waals surface area contributed by atoms with Gasteiger partial charge in [0.25, 0.3) is 5.91 Å². The monoisotopic (exact) mass is 382 g/mol. The summed E-state index contributed by atoms with van der Waals surface area (Å²) in [7, 11) is 0. The van der Waals surface area contributed by atoms with Gasteiger partial charge in [0.05, 0.1) is 30.8 Å². The van der Waals surface area contributed by atoms with Crippen molar-refractivity contribution in [2.45, 2.75) is 19.0 Å². The fourth-order valence-corrected chi connectivity index (χ4v) is 4.09. The molecule has 1 aliphatic heterocycles. The van der Waals surface area contributed by atoms with Crippen molar-refractivity contribution in [2.24, 2.45) is 0 Å². The molecular weight excluding hydrogens is 358 g/mol. The van der Waals surface area contributed by atoms with Crippen LogP contribution in [-0.4, -0.2) is 25.0 Å². The molecule has 2 N–H and O–H groups in total. The van der Waals surface area contributed by atoms with E-state index in [0.29, 0.717) is 11.1 Å². The number of nitriles is 1. The minimum Gasteiger partial charge on any atom is -0.343 e. The van der Waals surface area contributed by atoms with E-state index in [-0.39, 0.29) is 11.9 Å². The van der Waals surface area contributed by atoms with Crippen molar-refractivity contribution in [2.75, 3.05) is 13.1 Å². The molecule has 0 radical (unpaired) electrons. The Morgan fingerprint density at radius 3 is 2.45 bits per heavy atom. The molecule has 0 bridgehead atoms. The van der Waals surface area contributed by atoms with E-state index in [4.69, 9.17) is 0 Å². The summed E-state index contributed by atoms with van der Waals surface area (Å²) >= 11 is 0. The third-order valence-electron chi connectivity index (χ3n) is 5.52. The minimum absolute atomic E-state index is 0.0701. The van der Waals surface area contributed by atoms with E-state index in [1.807, 2.05) is 48.5 Å². The molecule has 29 heavy (non-hydrogen) atoms. The highest BCUT2D eigenvalue weighted by molar-refractivity contribution is 6.01. The Bertz CT molecular complexity index is 1040. The number of nitrogens with zero attached hydrogens (tertiary/aromatic N) is 1. The van der Waals surface area contributed by atoms with Crippen LogP contribution in [0.5, 0.6) is 0 Å². The summed E-state index contributed by atoms with van der Waals surface area (Å²) in [6.07, 6.45) is 0.977. The number of nitrogens with one attached hydrogen (secondary N) is 2. The van der Waals surface area contributed by atoms with Gasteiger partial charge in [-0.25, -0.2) is 0 Å². The van der Waals surface area contributed by atoms with E-state index in [0.717, 1.165) is 37.2 Å². The number of hydrogen-bond acceptors (Lipinski definition) is 2. The number of likely N-dealkylation sites (tertiary alicyclic amines) is 1. The summed E-state index contributed by atoms with van der Waals surface area (Å²) in [5, 5.41) is 12.7. The van der Waals surface area contributed by atoms with Crippen LogP contribution in [0.1, 0.15) is 27.9 Å². The van der Waals surface area contributed by atoms with Gasteiger partial charge in [-0.15, -0.1) is 0 Å². The second-order valence-corrected chi connectivity index (χ2v) is 7.53. The Morgan fingerprint density at radius 2 is 1.66 bits per heavy atom. The predicted octanol–water partition coefficient (Wildman–Crippen LogP) is 2.81. The van der Waals surface area contributed by atoms with Crippen molar-refractivity contribution in [1.82, 2.24) is 5.32 Å². The lowest BCUT2D eigenvalue weighted by atomic mass is 9.95. The molecule has 1 unspecified atom stereocenters. The first-order chi connectivity index (χ1) is 14.2. The second kappa shape index (κ2) is 8.72. The lowest BCUT2D eigenvalue weighted by molar-refractivity contribution is -0.901. The van der Waals surface area contributed by atoms with Gasteiger partial charge in [-0.1, -0.05) is 66.7 Å². The minimum atomic E-state index is -0.0701. The van der Waals surface area contributed by atoms with Crippen LogP contribution in [0, 0.1) is 11.3 Å². The molecule has 1 aliphatic rings. The highest BCUT2D eigenvalue weighted by Gasteiger charge is 2.28. The molecule has 3 aromatic rings. The highest BCUT2D eigenvalue weighted by Crippen LogP contribution is 2.27. The van der Waals surface area contributed by atoms with E-state index in [1.165, 1.54) is 10.5 Å². The smallest absolute Gasteiger partial charge is 0.252 e. The Kier molecular flexibility index (Phi) is 5.69. The van der Waals surface area contributed by atoms with Crippen molar-refractivity contribution >= 4 is 5.91 Å². The first-order valence-electron chi connectivity index (χ1n) is 10.0. The van der Waals surface area contributed by atoms with Crippen LogP contribution in [0.25, 0.3) is 11.1 Å². The molecule has 4 heteroatoms. The second-order valence-electron chi connectivity index (χ2n) is 7.53. The predicted molar refractivity (Wildman–Crippen MR) is 113 cm³/mol. The van der Waals surface area contributed by atoms with Crippen molar-refractivity contribution < 1.29 is 9.69 Å². The van der Waals surface area contributed by atoms with Crippen molar-refractivity contribution in [3.05, 3.63) is 95.6 Å². The lowest BCUT2D eigenvalue weighted by Crippen LogP contribution is -3.09. The Hall–Kier alpha value is -3.42. The molecule has 1 fully saturated rings. The number of amides is 1. The lowest BCUT2D eigenvalue weighted by Gasteiger charge is -2.16. The summed E-state index contributed by atoms with van der Waals surface area (Å²) in [6, 6.07) is 27.8. The number of benzene rings is 3. The maximum Gasteiger partial charge on any atom is 0.252 e. The number of quaternary nitrogens is 1. The Labute approximate surface area is 171 Å². The molecule has 2 atom stereocenters. The summed E-state index contributed by atoms with van der Waals surface area (Å²) in [5.74, 6) is -0.0701. The van der Waals surface area contributed by atoms with Gasteiger partial charge in [-0.3, -0.25) is 4.79 Å². The normalized spacial score (nSPS) is 18.2. The summed E-state index contributed by atoms with van der Waals surface area (Å²) in [4.78, 5) is 14.5. The molecule has 1 heterocycles. The number of hydrogen-bond donors (Lipinski definition) is 2. The molecule has 0 aromatic heterocycles. The molecule has 4 nitrogen and oxygen atoms in total. The standard InChI is InChI=1S/C25H23N3O/c26-16-20-10-4-5-11-22(20)23-12-6-7-13-24(23)25(29)27-21-14-15-28(18-21)17-19-8-2-1-3-9-19/h1-13,21H,14-15,17-18H2,(H,27,29)/p+1/t21-/m0/s1. The third-order valence-corrected chi connectivity index (χ3v) is 5.52. The molecule has 1 saturated heterocycles. The van der Waals surface area contributed by atoms with Gasteiger partial charge in [-0.2, -0.15) is 5.26 Å². The van der Waals surface area contributed by atoms with Crippen LogP contribution in [0.3, 0.4) is 0 Å². The molecule has 0 saturated carbocycles. The van der Waals surface area contributed by atoms with E-state index in [2.05, 4.69) is 35.7 Å². The zero-order chi connectivity index (χ0) is 20.1. The van der Waals surface area contributed by atoms with E-state index >= 15 is 0 Å². The number of rotatable bonds is 5. The zero-order valence-corrected chi connectivity index (χ0v) is 16.3. The average molecular weight is 382 g/mol. The van der Waals surface area contributed by atoms with Crippen molar-refractivity contribution in [3.63, 3.8) is 0 Å². The molecule has 1 amide bonds. The van der Waals surface area contributed by atoms with Crippen LogP contribution >= 0.6 is 0 Å². The fraction of sp³-hybridized carbons (Fsp3) is 0.200. The van der Waals surface area contributed by atoms with Crippen molar-refractivity contribution in [3.8, 4) is 17.2 Å². The quantitative estimate of drug-likeness (QED) is 0.713. The van der Waals surface area contributed by atoms with Gasteiger partial charge < -0.3 is 10.2 Å². The van der Waals surface area contributed by atoms with E-state index < -0.39 is 0 Å². The van der Waals surface area contributed by atoms with Gasteiger partial charge in [-0.05, 0) is 17.7 Å². The van der Waals surface area contributed by atoms with Crippen LogP contribution < -0.4 is 10.2 Å². The average Bonchev–Trinajstić information content (AvgIpc) is 3.21. The van der Waals surface area contributed by atoms with E-state index in [9.17, 15) is 10.1 Å². The summed E-state index contributed by atoms with van der Waals surface area (Å²) in [5.41, 5.74) is 4.11. The Morgan fingerprint density at radius 1 is 0.966 bits per heavy atom. The van der Waals surface area contributed by atoms with Gasteiger partial charge in [0, 0.05) is 23.1 Å². The first-order valence-corrected chi connectivity index (χ1v) is 10.0. The molecule has 3 aromatic carbocycles. The number of carbonyl (C=O) groups is 1. The SMILES string of the molecule is N#Cc1ccccc1-c1ccccc1C(=O)N[C@H]1CC[NH+](Cc2ccccc2)C1. The first kappa shape index (κ1) is 18.9. The molecule has 0 spiro atoms. The maximum atomic E-state index is 13.1. The number of carbonyl (C=O) groups excluding carboxylic acids is 1. The molecule has 0 aliphatic carbocycles. The van der Waals surface area contributed by atoms with Gasteiger partial charge in [0.15, 0.2) is 0 Å². The highest BCUT2D eigenvalue weighted by atomic mass is 16.1. The van der Waals surface area contributed by atoms with Gasteiger partial charge >= 0.3 is 0 Å². The molecule has 4 rings (SSSR count). The summed E-state index contributed by atoms with van der Waals surface area (Å²) in [6.45, 7) is 2.97. The van der Waals surface area contributed by atoms with Crippen molar-refractivity contribution in [1.29, 1.82) is 5.26 Å². The Balaban J connectivity index is 1.47. The molecular formula is C25H24N3O+. The van der Waals surface area contributed by atoms with Gasteiger partial charge in [0.1, 0.15) is 6.54 Å². The van der Waals surface area contributed by atoms with Gasteiger partial charge in [0.2, 0.25) is 0 Å². The van der Waals surface area contributed by atoms with Crippen LogP contribution in [0.4, 0.5) is 0 Å². The maximum absolute atomic E-state index is 13.1. The largest absolute Gasteiger partial charge is 0.343 e. The molecule has 144 valence electrons. The van der Waals surface area contributed by atoms with Crippen LogP contribution in [0.15, 0.2) is 78.9 Å². The van der Waals surface area contributed by atoms with Crippen LogP contribution in [0.2, 0.25) is 0 Å². The van der Waals surface area contributed by atoms with E-state index in [1.54, 1.807) is 6.07 Å². The summed E-state index contributed by atoms with van der Waals surface area (Å²) < 4.78 is 0. The topological polar surface area (TPSA) is 57.3 Å². The third kappa shape index (κ3) is 4.37. The van der Waals surface area contributed by atoms with Crippen LogP contribution in [-0.2, 0) is 6.54 Å². The zero-order valence-electron chi connectivity index (χ0n) is 16.3. The fourth-order valence-electron chi connectivity index (χ4n) is 4.09.